The van der Waals surface area contributed by atoms with E-state index in [1.807, 2.05) is 16.9 Å². The second-order valence-corrected chi connectivity index (χ2v) is 4.09. The quantitative estimate of drug-likeness (QED) is 0.671. The van der Waals surface area contributed by atoms with E-state index in [0.29, 0.717) is 6.61 Å². The molecule has 2 N–H and O–H groups in total. The Balaban J connectivity index is 2.39. The molecule has 0 aliphatic carbocycles. The molecular formula is C12H23N3O2. The molecule has 0 aliphatic rings. The molecule has 0 aromatic carbocycles. The van der Waals surface area contributed by atoms with Crippen LogP contribution in [0.25, 0.3) is 0 Å². The van der Waals surface area contributed by atoms with Gasteiger partial charge in [-0.3, -0.25) is 4.68 Å². The number of rotatable bonds is 9. The lowest BCUT2D eigenvalue weighted by Gasteiger charge is -2.16. The second-order valence-electron chi connectivity index (χ2n) is 4.09. The molecule has 17 heavy (non-hydrogen) atoms. The Morgan fingerprint density at radius 2 is 2.41 bits per heavy atom. The zero-order chi connectivity index (χ0) is 12.5. The van der Waals surface area contributed by atoms with Crippen LogP contribution in [-0.4, -0.2) is 41.3 Å². The van der Waals surface area contributed by atoms with Crippen LogP contribution in [0.15, 0.2) is 12.3 Å². The molecule has 5 nitrogen and oxygen atoms in total. The van der Waals surface area contributed by atoms with E-state index in [2.05, 4.69) is 17.3 Å². The van der Waals surface area contributed by atoms with Crippen LogP contribution in [0.2, 0.25) is 0 Å². The summed E-state index contributed by atoms with van der Waals surface area (Å²) >= 11 is 0. The van der Waals surface area contributed by atoms with Gasteiger partial charge in [-0.2, -0.15) is 5.10 Å². The highest BCUT2D eigenvalue weighted by molar-refractivity contribution is 5.00. The largest absolute Gasteiger partial charge is 0.395 e. The van der Waals surface area contributed by atoms with Gasteiger partial charge >= 0.3 is 0 Å². The van der Waals surface area contributed by atoms with Crippen molar-refractivity contribution in [2.75, 3.05) is 20.3 Å². The molecule has 1 rings (SSSR count). The third-order valence-corrected chi connectivity index (χ3v) is 2.70. The predicted octanol–water partition coefficient (Wildman–Crippen LogP) is 0.780. The van der Waals surface area contributed by atoms with Crippen LogP contribution in [0.1, 0.15) is 25.5 Å². The zero-order valence-electron chi connectivity index (χ0n) is 10.7. The normalized spacial score (nSPS) is 12.9. The van der Waals surface area contributed by atoms with Gasteiger partial charge in [0.2, 0.25) is 0 Å². The third kappa shape index (κ3) is 4.85. The van der Waals surface area contributed by atoms with Gasteiger partial charge in [0.25, 0.3) is 0 Å². The minimum Gasteiger partial charge on any atom is -0.395 e. The number of hydrogen-bond acceptors (Lipinski definition) is 4. The van der Waals surface area contributed by atoms with Crippen LogP contribution in [0.5, 0.6) is 0 Å². The number of aryl methyl sites for hydroxylation is 1. The van der Waals surface area contributed by atoms with E-state index < -0.39 is 0 Å². The summed E-state index contributed by atoms with van der Waals surface area (Å²) in [6.45, 7) is 4.59. The lowest BCUT2D eigenvalue weighted by Crippen LogP contribution is -2.33. The van der Waals surface area contributed by atoms with Gasteiger partial charge in [-0.1, -0.05) is 6.92 Å². The van der Waals surface area contributed by atoms with Crippen molar-refractivity contribution in [3.8, 4) is 0 Å². The summed E-state index contributed by atoms with van der Waals surface area (Å²) in [5.41, 5.74) is 1.16. The summed E-state index contributed by atoms with van der Waals surface area (Å²) in [6, 6.07) is 2.09. The summed E-state index contributed by atoms with van der Waals surface area (Å²) in [4.78, 5) is 0. The van der Waals surface area contributed by atoms with E-state index in [9.17, 15) is 5.11 Å². The number of aromatic nitrogens is 2. The SMILES string of the molecule is CCCn1nccc1CNC(CO)CCOC. The first-order valence-electron chi connectivity index (χ1n) is 6.15. The van der Waals surface area contributed by atoms with Gasteiger partial charge in [0, 0.05) is 39.0 Å². The Morgan fingerprint density at radius 3 is 3.06 bits per heavy atom. The van der Waals surface area contributed by atoms with Crippen molar-refractivity contribution < 1.29 is 9.84 Å². The molecule has 0 aliphatic heterocycles. The van der Waals surface area contributed by atoms with Gasteiger partial charge in [0.15, 0.2) is 0 Å². The summed E-state index contributed by atoms with van der Waals surface area (Å²) in [5, 5.41) is 16.8. The molecule has 1 aromatic rings. The van der Waals surface area contributed by atoms with Crippen LogP contribution in [0, 0.1) is 0 Å². The van der Waals surface area contributed by atoms with Gasteiger partial charge in [-0.15, -0.1) is 0 Å². The molecule has 0 spiro atoms. The molecule has 98 valence electrons. The lowest BCUT2D eigenvalue weighted by atomic mass is 10.2. The predicted molar refractivity (Wildman–Crippen MR) is 66.7 cm³/mol. The Hall–Kier alpha value is -0.910. The van der Waals surface area contributed by atoms with Crippen LogP contribution in [0.3, 0.4) is 0 Å². The Labute approximate surface area is 103 Å². The second kappa shape index (κ2) is 8.22. The molecule has 1 aromatic heterocycles. The topological polar surface area (TPSA) is 59.3 Å². The molecule has 1 unspecified atom stereocenters. The summed E-state index contributed by atoms with van der Waals surface area (Å²) in [7, 11) is 1.67. The van der Waals surface area contributed by atoms with Crippen LogP contribution >= 0.6 is 0 Å². The summed E-state index contributed by atoms with van der Waals surface area (Å²) in [6.07, 6.45) is 3.70. The lowest BCUT2D eigenvalue weighted by molar-refractivity contribution is 0.159. The van der Waals surface area contributed by atoms with Crippen molar-refractivity contribution >= 4 is 0 Å². The van der Waals surface area contributed by atoms with Crippen LogP contribution in [0.4, 0.5) is 0 Å². The van der Waals surface area contributed by atoms with E-state index in [0.717, 1.165) is 31.6 Å². The first-order chi connectivity index (χ1) is 8.31. The number of methoxy groups -OCH3 is 1. The van der Waals surface area contributed by atoms with Gasteiger partial charge in [0.1, 0.15) is 0 Å². The maximum Gasteiger partial charge on any atom is 0.0585 e. The first kappa shape index (κ1) is 14.2. The number of aliphatic hydroxyl groups excluding tert-OH is 1. The van der Waals surface area contributed by atoms with Crippen molar-refractivity contribution in [2.45, 2.75) is 38.9 Å². The summed E-state index contributed by atoms with van der Waals surface area (Å²) in [5.74, 6) is 0. The van der Waals surface area contributed by atoms with E-state index in [1.54, 1.807) is 7.11 Å². The molecule has 0 radical (unpaired) electrons. The number of nitrogens with zero attached hydrogens (tertiary/aromatic N) is 2. The standard InChI is InChI=1S/C12H23N3O2/c1-3-7-15-12(4-6-14-15)9-13-11(10-16)5-8-17-2/h4,6,11,13,16H,3,5,7-10H2,1-2H3. The van der Waals surface area contributed by atoms with Gasteiger partial charge in [-0.05, 0) is 18.9 Å². The maximum atomic E-state index is 9.21. The van der Waals surface area contributed by atoms with E-state index >= 15 is 0 Å². The molecule has 1 heterocycles. The van der Waals surface area contributed by atoms with E-state index in [4.69, 9.17) is 4.74 Å². The van der Waals surface area contributed by atoms with Crippen molar-refractivity contribution in [3.63, 3.8) is 0 Å². The summed E-state index contributed by atoms with van der Waals surface area (Å²) < 4.78 is 7.00. The highest BCUT2D eigenvalue weighted by atomic mass is 16.5. The molecular weight excluding hydrogens is 218 g/mol. The number of ether oxygens (including phenoxy) is 1. The fourth-order valence-electron chi connectivity index (χ4n) is 1.69. The molecule has 0 saturated heterocycles. The minimum absolute atomic E-state index is 0.0833. The van der Waals surface area contributed by atoms with Gasteiger partial charge in [-0.25, -0.2) is 0 Å². The van der Waals surface area contributed by atoms with Crippen LogP contribution < -0.4 is 5.32 Å². The van der Waals surface area contributed by atoms with Crippen molar-refractivity contribution in [1.29, 1.82) is 0 Å². The third-order valence-electron chi connectivity index (χ3n) is 2.70. The molecule has 0 amide bonds. The van der Waals surface area contributed by atoms with E-state index in [1.165, 1.54) is 0 Å². The van der Waals surface area contributed by atoms with Crippen molar-refractivity contribution in [1.82, 2.24) is 15.1 Å². The highest BCUT2D eigenvalue weighted by Gasteiger charge is 2.08. The fraction of sp³-hybridized carbons (Fsp3) is 0.750. The van der Waals surface area contributed by atoms with Crippen molar-refractivity contribution in [2.24, 2.45) is 0 Å². The first-order valence-corrected chi connectivity index (χ1v) is 6.15. The van der Waals surface area contributed by atoms with Crippen molar-refractivity contribution in [3.05, 3.63) is 18.0 Å². The molecule has 1 atom stereocenters. The van der Waals surface area contributed by atoms with Crippen LogP contribution in [-0.2, 0) is 17.8 Å². The maximum absolute atomic E-state index is 9.21. The molecule has 0 fully saturated rings. The minimum atomic E-state index is 0.0833. The molecule has 0 bridgehead atoms. The van der Waals surface area contributed by atoms with E-state index in [-0.39, 0.29) is 12.6 Å². The van der Waals surface area contributed by atoms with Gasteiger partial charge < -0.3 is 15.2 Å². The molecule has 0 saturated carbocycles. The number of nitrogens with one attached hydrogen (secondary N) is 1. The number of hydrogen-bond donors (Lipinski definition) is 2. The Morgan fingerprint density at radius 1 is 1.59 bits per heavy atom. The molecule has 5 heteroatoms. The Kier molecular flexibility index (Phi) is 6.84. The zero-order valence-corrected chi connectivity index (χ0v) is 10.7. The Bertz CT molecular complexity index is 302. The monoisotopic (exact) mass is 241 g/mol. The highest BCUT2D eigenvalue weighted by Crippen LogP contribution is 2.01. The fourth-order valence-corrected chi connectivity index (χ4v) is 1.69. The smallest absolute Gasteiger partial charge is 0.0585 e. The average molecular weight is 241 g/mol. The van der Waals surface area contributed by atoms with Gasteiger partial charge in [0.05, 0.1) is 12.3 Å². The number of aliphatic hydroxyl groups is 1. The average Bonchev–Trinajstić information content (AvgIpc) is 2.78.